The third-order valence-corrected chi connectivity index (χ3v) is 4.34. The molecule has 0 saturated carbocycles. The Hall–Kier alpha value is -2.47. The van der Waals surface area contributed by atoms with Gasteiger partial charge in [0, 0.05) is 10.6 Å². The molecule has 2 rings (SSSR count). The Labute approximate surface area is 151 Å². The van der Waals surface area contributed by atoms with Crippen molar-refractivity contribution in [3.8, 4) is 5.75 Å². The Balaban J connectivity index is 1.98. The molecule has 2 aromatic carbocycles. The molecule has 0 unspecified atom stereocenters. The largest absolute Gasteiger partial charge is 0.496 e. The molecule has 0 aliphatic carbocycles. The first kappa shape index (κ1) is 18.9. The number of hydrogen-bond acceptors (Lipinski definition) is 5. The molecule has 0 bridgehead atoms. The van der Waals surface area contributed by atoms with E-state index in [1.54, 1.807) is 30.0 Å². The van der Waals surface area contributed by atoms with Gasteiger partial charge in [0.25, 0.3) is 5.91 Å². The summed E-state index contributed by atoms with van der Waals surface area (Å²) < 4.78 is 10.3. The molecule has 2 aromatic rings. The fourth-order valence-electron chi connectivity index (χ4n) is 2.32. The van der Waals surface area contributed by atoms with E-state index < -0.39 is 5.97 Å². The molecule has 0 aliphatic rings. The Morgan fingerprint density at radius 1 is 1.12 bits per heavy atom. The molecule has 1 N–H and O–H groups in total. The number of benzene rings is 2. The average Bonchev–Trinajstić information content (AvgIpc) is 2.61. The van der Waals surface area contributed by atoms with E-state index in [9.17, 15) is 9.59 Å². The van der Waals surface area contributed by atoms with Crippen molar-refractivity contribution < 1.29 is 19.1 Å². The molecule has 0 fully saturated rings. The number of hydrogen-bond donors (Lipinski definition) is 1. The zero-order chi connectivity index (χ0) is 18.4. The van der Waals surface area contributed by atoms with Crippen molar-refractivity contribution in [1.82, 2.24) is 0 Å². The molecule has 132 valence electrons. The van der Waals surface area contributed by atoms with Crippen LogP contribution in [0.15, 0.2) is 41.3 Å². The van der Waals surface area contributed by atoms with E-state index in [0.29, 0.717) is 17.0 Å². The lowest BCUT2D eigenvalue weighted by Crippen LogP contribution is -2.21. The Morgan fingerprint density at radius 3 is 2.52 bits per heavy atom. The molecular formula is C19H21NO4S. The number of carbonyl (C=O) groups is 2. The number of rotatable bonds is 6. The maximum atomic E-state index is 12.2. The summed E-state index contributed by atoms with van der Waals surface area (Å²) in [6.45, 7) is 3.53. The first-order valence-electron chi connectivity index (χ1n) is 7.71. The monoisotopic (exact) mass is 359 g/mol. The van der Waals surface area contributed by atoms with Crippen molar-refractivity contribution in [2.24, 2.45) is 0 Å². The van der Waals surface area contributed by atoms with E-state index in [0.717, 1.165) is 16.0 Å². The summed E-state index contributed by atoms with van der Waals surface area (Å²) in [6, 6.07) is 10.9. The van der Waals surface area contributed by atoms with Gasteiger partial charge in [0.1, 0.15) is 11.3 Å². The third-order valence-electron chi connectivity index (χ3n) is 3.62. The van der Waals surface area contributed by atoms with Gasteiger partial charge in [0.05, 0.1) is 7.11 Å². The number of esters is 1. The van der Waals surface area contributed by atoms with Gasteiger partial charge in [-0.1, -0.05) is 17.7 Å². The SMILES string of the molecule is COc1cc(SC)ccc1C(=O)OCC(=O)Nc1ccc(C)cc1C. The van der Waals surface area contributed by atoms with Crippen LogP contribution in [0.25, 0.3) is 0 Å². The lowest BCUT2D eigenvalue weighted by molar-refractivity contribution is -0.119. The van der Waals surface area contributed by atoms with E-state index >= 15 is 0 Å². The van der Waals surface area contributed by atoms with Crippen LogP contribution < -0.4 is 10.1 Å². The molecular weight excluding hydrogens is 338 g/mol. The first-order chi connectivity index (χ1) is 11.9. The predicted molar refractivity (Wildman–Crippen MR) is 99.6 cm³/mol. The van der Waals surface area contributed by atoms with Crippen LogP contribution in [-0.2, 0) is 9.53 Å². The summed E-state index contributed by atoms with van der Waals surface area (Å²) in [5.74, 6) is -0.563. The minimum atomic E-state index is -0.597. The second-order valence-corrected chi connectivity index (χ2v) is 6.39. The number of thioether (sulfide) groups is 1. The molecule has 0 aromatic heterocycles. The van der Waals surface area contributed by atoms with Gasteiger partial charge < -0.3 is 14.8 Å². The van der Waals surface area contributed by atoms with E-state index in [-0.39, 0.29) is 12.5 Å². The van der Waals surface area contributed by atoms with Crippen LogP contribution in [0.1, 0.15) is 21.5 Å². The van der Waals surface area contributed by atoms with Crippen LogP contribution in [0, 0.1) is 13.8 Å². The molecule has 0 atom stereocenters. The molecule has 25 heavy (non-hydrogen) atoms. The summed E-state index contributed by atoms with van der Waals surface area (Å²) >= 11 is 1.54. The zero-order valence-corrected chi connectivity index (χ0v) is 15.5. The molecule has 5 nitrogen and oxygen atoms in total. The van der Waals surface area contributed by atoms with Gasteiger partial charge in [-0.25, -0.2) is 4.79 Å². The smallest absolute Gasteiger partial charge is 0.342 e. The van der Waals surface area contributed by atoms with Gasteiger partial charge in [-0.15, -0.1) is 11.8 Å². The summed E-state index contributed by atoms with van der Waals surface area (Å²) in [5, 5.41) is 2.74. The fourth-order valence-corrected chi connectivity index (χ4v) is 2.75. The standard InChI is InChI=1S/C19H21NO4S/c1-12-5-8-16(13(2)9-12)20-18(21)11-24-19(22)15-7-6-14(25-4)10-17(15)23-3/h5-10H,11H2,1-4H3,(H,20,21). The Morgan fingerprint density at radius 2 is 1.88 bits per heavy atom. The van der Waals surface area contributed by atoms with Gasteiger partial charge in [-0.3, -0.25) is 4.79 Å². The molecule has 0 spiro atoms. The highest BCUT2D eigenvalue weighted by Gasteiger charge is 2.16. The fraction of sp³-hybridized carbons (Fsp3) is 0.263. The maximum Gasteiger partial charge on any atom is 0.342 e. The average molecular weight is 359 g/mol. The number of nitrogens with one attached hydrogen (secondary N) is 1. The van der Waals surface area contributed by atoms with Crippen molar-refractivity contribution >= 4 is 29.3 Å². The first-order valence-corrected chi connectivity index (χ1v) is 8.93. The quantitative estimate of drug-likeness (QED) is 0.627. The predicted octanol–water partition coefficient (Wildman–Crippen LogP) is 3.83. The third kappa shape index (κ3) is 5.00. The van der Waals surface area contributed by atoms with Crippen molar-refractivity contribution in [2.75, 3.05) is 25.3 Å². The van der Waals surface area contributed by atoms with Gasteiger partial charge in [0.2, 0.25) is 0 Å². The zero-order valence-electron chi connectivity index (χ0n) is 14.7. The Kier molecular flexibility index (Phi) is 6.47. The van der Waals surface area contributed by atoms with Crippen LogP contribution in [0.3, 0.4) is 0 Å². The van der Waals surface area contributed by atoms with E-state index in [2.05, 4.69) is 5.32 Å². The number of carbonyl (C=O) groups excluding carboxylic acids is 2. The van der Waals surface area contributed by atoms with Crippen LogP contribution in [0.4, 0.5) is 5.69 Å². The number of anilines is 1. The van der Waals surface area contributed by atoms with Crippen LogP contribution in [0.2, 0.25) is 0 Å². The highest BCUT2D eigenvalue weighted by Crippen LogP contribution is 2.26. The highest BCUT2D eigenvalue weighted by atomic mass is 32.2. The second kappa shape index (κ2) is 8.58. The molecule has 0 radical (unpaired) electrons. The summed E-state index contributed by atoms with van der Waals surface area (Å²) in [4.78, 5) is 25.2. The van der Waals surface area contributed by atoms with Crippen LogP contribution >= 0.6 is 11.8 Å². The van der Waals surface area contributed by atoms with Crippen molar-refractivity contribution in [3.63, 3.8) is 0 Å². The topological polar surface area (TPSA) is 64.6 Å². The lowest BCUT2D eigenvalue weighted by atomic mass is 10.1. The molecule has 6 heteroatoms. The van der Waals surface area contributed by atoms with Crippen molar-refractivity contribution in [3.05, 3.63) is 53.1 Å². The molecule has 0 saturated heterocycles. The van der Waals surface area contributed by atoms with E-state index in [1.807, 2.05) is 38.3 Å². The normalized spacial score (nSPS) is 10.2. The summed E-state index contributed by atoms with van der Waals surface area (Å²) in [6.07, 6.45) is 1.93. The second-order valence-electron chi connectivity index (χ2n) is 5.51. The minimum Gasteiger partial charge on any atom is -0.496 e. The van der Waals surface area contributed by atoms with E-state index in [1.165, 1.54) is 7.11 Å². The summed E-state index contributed by atoms with van der Waals surface area (Å²) in [7, 11) is 1.49. The molecule has 0 heterocycles. The van der Waals surface area contributed by atoms with Gasteiger partial charge in [-0.05, 0) is 49.9 Å². The molecule has 1 amide bonds. The van der Waals surface area contributed by atoms with Gasteiger partial charge in [0.15, 0.2) is 6.61 Å². The van der Waals surface area contributed by atoms with E-state index in [4.69, 9.17) is 9.47 Å². The van der Waals surface area contributed by atoms with Gasteiger partial charge >= 0.3 is 5.97 Å². The number of methoxy groups -OCH3 is 1. The highest BCUT2D eigenvalue weighted by molar-refractivity contribution is 7.98. The van der Waals surface area contributed by atoms with Crippen LogP contribution in [0.5, 0.6) is 5.75 Å². The summed E-state index contributed by atoms with van der Waals surface area (Å²) in [5.41, 5.74) is 3.06. The lowest BCUT2D eigenvalue weighted by Gasteiger charge is -2.11. The Bertz CT molecular complexity index is 789. The van der Waals surface area contributed by atoms with Crippen LogP contribution in [-0.4, -0.2) is 31.8 Å². The number of aryl methyl sites for hydroxylation is 2. The van der Waals surface area contributed by atoms with Gasteiger partial charge in [-0.2, -0.15) is 0 Å². The van der Waals surface area contributed by atoms with Crippen molar-refractivity contribution in [1.29, 1.82) is 0 Å². The minimum absolute atomic E-state index is 0.291. The number of ether oxygens (including phenoxy) is 2. The number of amides is 1. The van der Waals surface area contributed by atoms with Crippen molar-refractivity contribution in [2.45, 2.75) is 18.7 Å². The maximum absolute atomic E-state index is 12.2. The molecule has 0 aliphatic heterocycles.